The van der Waals surface area contributed by atoms with Crippen LogP contribution in [0.1, 0.15) is 30.9 Å². The fourth-order valence-corrected chi connectivity index (χ4v) is 5.17. The zero-order valence-corrected chi connectivity index (χ0v) is 21.5. The summed E-state index contributed by atoms with van der Waals surface area (Å²) in [6.07, 6.45) is 1.25. The lowest BCUT2D eigenvalue weighted by Crippen LogP contribution is -2.55. The van der Waals surface area contributed by atoms with Crippen molar-refractivity contribution in [3.8, 4) is 5.75 Å². The molecule has 2 N–H and O–H groups in total. The van der Waals surface area contributed by atoms with E-state index in [0.717, 1.165) is 18.8 Å². The van der Waals surface area contributed by atoms with Crippen LogP contribution in [0.25, 0.3) is 0 Å². The van der Waals surface area contributed by atoms with Gasteiger partial charge in [-0.15, -0.1) is 0 Å². The van der Waals surface area contributed by atoms with Gasteiger partial charge < -0.3 is 24.7 Å². The summed E-state index contributed by atoms with van der Waals surface area (Å²) >= 11 is 0. The normalized spacial score (nSPS) is 22.8. The third-order valence-electron chi connectivity index (χ3n) is 7.38. The lowest BCUT2D eigenvalue weighted by atomic mass is 9.90. The Morgan fingerprint density at radius 3 is 2.31 bits per heavy atom. The van der Waals surface area contributed by atoms with Crippen LogP contribution >= 0.6 is 0 Å². The first-order valence-electron chi connectivity index (χ1n) is 12.7. The molecule has 2 aliphatic rings. The van der Waals surface area contributed by atoms with Crippen LogP contribution in [-0.4, -0.2) is 89.5 Å². The number of piperidine rings is 1. The molecule has 2 saturated heterocycles. The molecule has 1 atom stereocenters. The molecule has 0 bridgehead atoms. The van der Waals surface area contributed by atoms with E-state index in [1.165, 1.54) is 24.6 Å². The van der Waals surface area contributed by atoms with E-state index >= 15 is 0 Å². The monoisotopic (exact) mass is 499 g/mol. The number of amides is 1. The average Bonchev–Trinajstić information content (AvgIpc) is 3.00. The average molecular weight is 500 g/mol. The van der Waals surface area contributed by atoms with Gasteiger partial charge in [0.1, 0.15) is 23.8 Å². The summed E-state index contributed by atoms with van der Waals surface area (Å²) < 4.78 is 19.5. The molecular weight excluding hydrogens is 461 g/mol. The maximum absolute atomic E-state index is 13.6. The maximum Gasteiger partial charge on any atom is 0.219 e. The van der Waals surface area contributed by atoms with Gasteiger partial charge in [-0.2, -0.15) is 0 Å². The molecule has 7 nitrogen and oxygen atoms in total. The number of hydrogen-bond acceptors (Lipinski definition) is 6. The molecule has 0 spiro atoms. The van der Waals surface area contributed by atoms with Gasteiger partial charge in [0.05, 0.1) is 12.1 Å². The standard InChI is InChI=1S/C28H38FN3O4/c1-21-4-6-24(7-5-21)31-12-10-27(34,11-13-31)17-30-14-15-32(23(3)33)19-28(35,18-30)20-36-25-8-9-26(29)22(2)16-25/h4-9,16,34-35H,10-15,17-20H2,1-3H3. The largest absolute Gasteiger partial charge is 0.490 e. The van der Waals surface area contributed by atoms with Crippen LogP contribution in [0.2, 0.25) is 0 Å². The molecule has 1 unspecified atom stereocenters. The predicted octanol–water partition coefficient (Wildman–Crippen LogP) is 2.75. The number of rotatable bonds is 6. The van der Waals surface area contributed by atoms with Crippen molar-refractivity contribution in [3.05, 3.63) is 59.4 Å². The molecule has 2 fully saturated rings. The molecule has 0 radical (unpaired) electrons. The van der Waals surface area contributed by atoms with E-state index in [-0.39, 0.29) is 31.4 Å². The lowest BCUT2D eigenvalue weighted by Gasteiger charge is -2.42. The third-order valence-corrected chi connectivity index (χ3v) is 7.38. The number of anilines is 1. The Morgan fingerprint density at radius 2 is 1.67 bits per heavy atom. The van der Waals surface area contributed by atoms with Gasteiger partial charge in [-0.1, -0.05) is 17.7 Å². The number of benzene rings is 2. The summed E-state index contributed by atoms with van der Waals surface area (Å²) in [7, 11) is 0. The fraction of sp³-hybridized carbons (Fsp3) is 0.536. The number of aliphatic hydroxyl groups is 2. The minimum Gasteiger partial charge on any atom is -0.490 e. The summed E-state index contributed by atoms with van der Waals surface area (Å²) in [6, 6.07) is 12.9. The Balaban J connectivity index is 1.41. The van der Waals surface area contributed by atoms with Crippen molar-refractivity contribution in [2.75, 3.05) is 57.3 Å². The Labute approximate surface area is 213 Å². The van der Waals surface area contributed by atoms with E-state index in [1.807, 2.05) is 4.90 Å². The topological polar surface area (TPSA) is 76.5 Å². The van der Waals surface area contributed by atoms with E-state index in [9.17, 15) is 19.4 Å². The van der Waals surface area contributed by atoms with Crippen LogP contribution in [0, 0.1) is 19.7 Å². The Hall–Kier alpha value is -2.68. The van der Waals surface area contributed by atoms with Crippen LogP contribution in [0.5, 0.6) is 5.75 Å². The van der Waals surface area contributed by atoms with Gasteiger partial charge in [-0.05, 0) is 62.6 Å². The van der Waals surface area contributed by atoms with Gasteiger partial charge in [0, 0.05) is 51.9 Å². The lowest BCUT2D eigenvalue weighted by molar-refractivity contribution is -0.132. The van der Waals surface area contributed by atoms with Gasteiger partial charge in [0.15, 0.2) is 0 Å². The fourth-order valence-electron chi connectivity index (χ4n) is 5.17. The molecule has 4 rings (SSSR count). The van der Waals surface area contributed by atoms with Crippen molar-refractivity contribution >= 4 is 11.6 Å². The molecule has 0 saturated carbocycles. The highest BCUT2D eigenvalue weighted by molar-refractivity contribution is 5.73. The molecule has 0 aromatic heterocycles. The van der Waals surface area contributed by atoms with E-state index in [1.54, 1.807) is 17.9 Å². The minimum absolute atomic E-state index is 0.0437. The Morgan fingerprint density at radius 1 is 0.972 bits per heavy atom. The van der Waals surface area contributed by atoms with Crippen LogP contribution in [-0.2, 0) is 4.79 Å². The second-order valence-electron chi connectivity index (χ2n) is 10.6. The Kier molecular flexibility index (Phi) is 7.87. The highest BCUT2D eigenvalue weighted by atomic mass is 19.1. The summed E-state index contributed by atoms with van der Waals surface area (Å²) in [5.74, 6) is 0.0405. The molecule has 2 aliphatic heterocycles. The minimum atomic E-state index is -1.33. The van der Waals surface area contributed by atoms with E-state index in [0.29, 0.717) is 43.8 Å². The molecule has 0 aliphatic carbocycles. The highest BCUT2D eigenvalue weighted by Crippen LogP contribution is 2.29. The molecule has 2 heterocycles. The van der Waals surface area contributed by atoms with E-state index in [4.69, 9.17) is 4.74 Å². The Bertz CT molecular complexity index is 1060. The number of ether oxygens (including phenoxy) is 1. The molecular formula is C28H38FN3O4. The van der Waals surface area contributed by atoms with Crippen molar-refractivity contribution < 1.29 is 24.1 Å². The van der Waals surface area contributed by atoms with Crippen molar-refractivity contribution in [1.29, 1.82) is 0 Å². The number of carbonyl (C=O) groups is 1. The van der Waals surface area contributed by atoms with Crippen molar-refractivity contribution in [2.45, 2.75) is 44.8 Å². The summed E-state index contributed by atoms with van der Waals surface area (Å²) in [6.45, 7) is 8.53. The van der Waals surface area contributed by atoms with Gasteiger partial charge in [-0.3, -0.25) is 9.69 Å². The molecule has 196 valence electrons. The number of aryl methyl sites for hydroxylation is 2. The second-order valence-corrected chi connectivity index (χ2v) is 10.6. The number of hydrogen-bond donors (Lipinski definition) is 2. The van der Waals surface area contributed by atoms with E-state index < -0.39 is 11.2 Å². The molecule has 36 heavy (non-hydrogen) atoms. The second kappa shape index (κ2) is 10.7. The third kappa shape index (κ3) is 6.55. The smallest absolute Gasteiger partial charge is 0.219 e. The van der Waals surface area contributed by atoms with Crippen LogP contribution in [0.3, 0.4) is 0 Å². The SMILES string of the molecule is CC(=O)N1CCN(CC2(O)CCN(c3ccc(C)cc3)CC2)CC(O)(COc2ccc(F)c(C)c2)C1. The molecule has 1 amide bonds. The molecule has 2 aromatic carbocycles. The highest BCUT2D eigenvalue weighted by Gasteiger charge is 2.41. The van der Waals surface area contributed by atoms with E-state index in [2.05, 4.69) is 36.1 Å². The predicted molar refractivity (Wildman–Crippen MR) is 138 cm³/mol. The summed E-state index contributed by atoms with van der Waals surface area (Å²) in [4.78, 5) is 18.2. The maximum atomic E-state index is 13.6. The molecule has 8 heteroatoms. The van der Waals surface area contributed by atoms with Crippen molar-refractivity contribution in [1.82, 2.24) is 9.80 Å². The summed E-state index contributed by atoms with van der Waals surface area (Å²) in [5.41, 5.74) is 0.647. The van der Waals surface area contributed by atoms with Crippen molar-refractivity contribution in [3.63, 3.8) is 0 Å². The quantitative estimate of drug-likeness (QED) is 0.637. The first-order valence-corrected chi connectivity index (χ1v) is 12.7. The number of β-amino-alcohol motifs (C(OH)–C–C–N with tert-alkyl or cyclic N) is 2. The first kappa shape index (κ1) is 26.4. The van der Waals surface area contributed by atoms with Gasteiger partial charge >= 0.3 is 0 Å². The zero-order chi connectivity index (χ0) is 25.9. The number of carbonyl (C=O) groups excluding carboxylic acids is 1. The van der Waals surface area contributed by atoms with Crippen LogP contribution in [0.4, 0.5) is 10.1 Å². The number of halogens is 1. The van der Waals surface area contributed by atoms with Crippen LogP contribution < -0.4 is 9.64 Å². The van der Waals surface area contributed by atoms with Crippen LogP contribution in [0.15, 0.2) is 42.5 Å². The van der Waals surface area contributed by atoms with Crippen molar-refractivity contribution in [2.24, 2.45) is 0 Å². The van der Waals surface area contributed by atoms with Gasteiger partial charge in [0.25, 0.3) is 0 Å². The first-order chi connectivity index (χ1) is 17.0. The zero-order valence-electron chi connectivity index (χ0n) is 21.5. The van der Waals surface area contributed by atoms with Gasteiger partial charge in [-0.25, -0.2) is 4.39 Å². The molecule has 2 aromatic rings. The number of nitrogens with zero attached hydrogens (tertiary/aromatic N) is 3. The van der Waals surface area contributed by atoms with Gasteiger partial charge in [0.2, 0.25) is 5.91 Å². The summed E-state index contributed by atoms with van der Waals surface area (Å²) in [5, 5.41) is 23.0.